The topological polar surface area (TPSA) is 100 Å². The summed E-state index contributed by atoms with van der Waals surface area (Å²) in [6.07, 6.45) is 1.47. The average molecular weight is 470 g/mol. The minimum absolute atomic E-state index is 0.0660. The van der Waals surface area contributed by atoms with E-state index in [-0.39, 0.29) is 18.1 Å². The van der Waals surface area contributed by atoms with Gasteiger partial charge in [0.1, 0.15) is 23.1 Å². The Labute approximate surface area is 205 Å². The molecule has 0 saturated carbocycles. The zero-order chi connectivity index (χ0) is 25.2. The number of nitrogens with one attached hydrogen (secondary N) is 2. The number of anilines is 2. The van der Waals surface area contributed by atoms with Crippen LogP contribution in [0.1, 0.15) is 23.6 Å². The Morgan fingerprint density at radius 2 is 1.71 bits per heavy atom. The number of ether oxygens (including phenoxy) is 2. The molecular weight excluding hydrogens is 442 g/mol. The van der Waals surface area contributed by atoms with Gasteiger partial charge < -0.3 is 20.1 Å². The highest BCUT2D eigenvalue weighted by Crippen LogP contribution is 2.20. The average Bonchev–Trinajstić information content (AvgIpc) is 2.85. The van der Waals surface area contributed by atoms with Gasteiger partial charge in [0.25, 0.3) is 11.8 Å². The highest BCUT2D eigenvalue weighted by atomic mass is 16.5. The monoisotopic (exact) mass is 469 g/mol. The first-order valence-corrected chi connectivity index (χ1v) is 11.1. The van der Waals surface area contributed by atoms with Crippen LogP contribution in [-0.2, 0) is 9.59 Å². The number of aryl methyl sites for hydroxylation is 2. The van der Waals surface area contributed by atoms with Crippen molar-refractivity contribution in [2.75, 3.05) is 23.8 Å². The summed E-state index contributed by atoms with van der Waals surface area (Å²) < 4.78 is 11.0. The standard InChI is InChI=1S/C28H27N3O4/c1-4-34-24-12-10-23(11-13-24)30-28(33)22(17-29)15-21-6-5-7-25(16-21)35-18-27(32)31-26-14-19(2)8-9-20(26)3/h5-16H,4,18H2,1-3H3,(H,30,33)(H,31,32)/b22-15+. The zero-order valence-corrected chi connectivity index (χ0v) is 19.9. The number of carbonyl (C=O) groups is 2. The van der Waals surface area contributed by atoms with Crippen LogP contribution in [0, 0.1) is 25.2 Å². The van der Waals surface area contributed by atoms with Crippen molar-refractivity contribution in [3.8, 4) is 17.6 Å². The predicted molar refractivity (Wildman–Crippen MR) is 136 cm³/mol. The number of hydrogen-bond donors (Lipinski definition) is 2. The molecule has 7 nitrogen and oxygen atoms in total. The first kappa shape index (κ1) is 25.1. The lowest BCUT2D eigenvalue weighted by Gasteiger charge is -2.11. The largest absolute Gasteiger partial charge is 0.494 e. The maximum absolute atomic E-state index is 12.6. The molecule has 2 amide bonds. The molecule has 178 valence electrons. The molecule has 0 unspecified atom stereocenters. The van der Waals surface area contributed by atoms with E-state index in [0.717, 1.165) is 16.8 Å². The molecule has 0 aliphatic heterocycles. The summed E-state index contributed by atoms with van der Waals surface area (Å²) in [6.45, 7) is 6.14. The maximum Gasteiger partial charge on any atom is 0.266 e. The van der Waals surface area contributed by atoms with Crippen molar-refractivity contribution in [1.29, 1.82) is 5.26 Å². The lowest BCUT2D eigenvalue weighted by atomic mass is 10.1. The third-order valence-electron chi connectivity index (χ3n) is 4.99. The Kier molecular flexibility index (Phi) is 8.63. The van der Waals surface area contributed by atoms with Crippen LogP contribution < -0.4 is 20.1 Å². The summed E-state index contributed by atoms with van der Waals surface area (Å²) in [4.78, 5) is 24.9. The van der Waals surface area contributed by atoms with Gasteiger partial charge in [-0.3, -0.25) is 9.59 Å². The molecule has 3 aromatic carbocycles. The summed E-state index contributed by atoms with van der Waals surface area (Å²) >= 11 is 0. The van der Waals surface area contributed by atoms with Gasteiger partial charge in [-0.05, 0) is 86.0 Å². The van der Waals surface area contributed by atoms with E-state index in [1.807, 2.05) is 45.0 Å². The van der Waals surface area contributed by atoms with E-state index in [2.05, 4.69) is 10.6 Å². The lowest BCUT2D eigenvalue weighted by molar-refractivity contribution is -0.118. The predicted octanol–water partition coefficient (Wildman–Crippen LogP) is 5.27. The number of nitriles is 1. The smallest absolute Gasteiger partial charge is 0.266 e. The van der Waals surface area contributed by atoms with Gasteiger partial charge in [-0.25, -0.2) is 0 Å². The minimum atomic E-state index is -0.532. The summed E-state index contributed by atoms with van der Waals surface area (Å²) in [6, 6.07) is 21.5. The fourth-order valence-electron chi connectivity index (χ4n) is 3.21. The number of carbonyl (C=O) groups excluding carboxylic acids is 2. The quantitative estimate of drug-likeness (QED) is 0.329. The SMILES string of the molecule is CCOc1ccc(NC(=O)/C(C#N)=C/c2cccc(OCC(=O)Nc3cc(C)ccc3C)c2)cc1. The van der Waals surface area contributed by atoms with Crippen molar-refractivity contribution in [2.45, 2.75) is 20.8 Å². The number of rotatable bonds is 9. The Morgan fingerprint density at radius 3 is 2.43 bits per heavy atom. The molecule has 0 aliphatic rings. The van der Waals surface area contributed by atoms with Crippen LogP contribution in [0.25, 0.3) is 6.08 Å². The van der Waals surface area contributed by atoms with E-state index in [4.69, 9.17) is 9.47 Å². The van der Waals surface area contributed by atoms with Gasteiger partial charge in [0, 0.05) is 11.4 Å². The number of hydrogen-bond acceptors (Lipinski definition) is 5. The van der Waals surface area contributed by atoms with E-state index in [1.54, 1.807) is 48.5 Å². The van der Waals surface area contributed by atoms with E-state index >= 15 is 0 Å². The van der Waals surface area contributed by atoms with Crippen LogP contribution in [-0.4, -0.2) is 25.0 Å². The maximum atomic E-state index is 12.6. The van der Waals surface area contributed by atoms with E-state index in [0.29, 0.717) is 29.4 Å². The molecular formula is C28H27N3O4. The summed E-state index contributed by atoms with van der Waals surface area (Å²) in [5.74, 6) is 0.322. The summed E-state index contributed by atoms with van der Waals surface area (Å²) in [7, 11) is 0. The fraction of sp³-hybridized carbons (Fsp3) is 0.179. The highest BCUT2D eigenvalue weighted by molar-refractivity contribution is 6.09. The third kappa shape index (κ3) is 7.47. The lowest BCUT2D eigenvalue weighted by Crippen LogP contribution is -2.20. The summed E-state index contributed by atoms with van der Waals surface area (Å²) in [5.41, 5.74) is 3.83. The zero-order valence-electron chi connectivity index (χ0n) is 19.9. The third-order valence-corrected chi connectivity index (χ3v) is 4.99. The van der Waals surface area contributed by atoms with E-state index < -0.39 is 5.91 Å². The van der Waals surface area contributed by atoms with Crippen LogP contribution in [0.4, 0.5) is 11.4 Å². The Bertz CT molecular complexity index is 1270. The molecule has 0 radical (unpaired) electrons. The van der Waals surface area contributed by atoms with Gasteiger partial charge in [-0.1, -0.05) is 24.3 Å². The molecule has 0 aliphatic carbocycles. The molecule has 0 heterocycles. The minimum Gasteiger partial charge on any atom is -0.494 e. The molecule has 0 saturated heterocycles. The van der Waals surface area contributed by atoms with Crippen molar-refractivity contribution < 1.29 is 19.1 Å². The Balaban J connectivity index is 1.62. The molecule has 3 rings (SSSR count). The first-order chi connectivity index (χ1) is 16.9. The molecule has 0 aromatic heterocycles. The van der Waals surface area contributed by atoms with Gasteiger partial charge in [0.05, 0.1) is 6.61 Å². The molecule has 0 bridgehead atoms. The second kappa shape index (κ2) is 12.1. The van der Waals surface area contributed by atoms with Crippen LogP contribution in [0.2, 0.25) is 0 Å². The molecule has 3 aromatic rings. The van der Waals surface area contributed by atoms with Crippen molar-refractivity contribution in [3.05, 3.63) is 89.0 Å². The Hall–Kier alpha value is -4.57. The van der Waals surface area contributed by atoms with E-state index in [1.165, 1.54) is 6.08 Å². The summed E-state index contributed by atoms with van der Waals surface area (Å²) in [5, 5.41) is 15.0. The van der Waals surface area contributed by atoms with Crippen molar-refractivity contribution >= 4 is 29.3 Å². The van der Waals surface area contributed by atoms with Gasteiger partial charge >= 0.3 is 0 Å². The van der Waals surface area contributed by atoms with Gasteiger partial charge in [0.2, 0.25) is 0 Å². The molecule has 0 spiro atoms. The molecule has 35 heavy (non-hydrogen) atoms. The van der Waals surface area contributed by atoms with Gasteiger partial charge in [-0.2, -0.15) is 5.26 Å². The normalized spacial score (nSPS) is 10.7. The molecule has 0 atom stereocenters. The van der Waals surface area contributed by atoms with Crippen molar-refractivity contribution in [2.24, 2.45) is 0 Å². The number of benzene rings is 3. The van der Waals surface area contributed by atoms with Crippen LogP contribution >= 0.6 is 0 Å². The first-order valence-electron chi connectivity index (χ1n) is 11.1. The molecule has 2 N–H and O–H groups in total. The number of nitrogens with zero attached hydrogens (tertiary/aromatic N) is 1. The fourth-order valence-corrected chi connectivity index (χ4v) is 3.21. The van der Waals surface area contributed by atoms with Gasteiger partial charge in [0.15, 0.2) is 6.61 Å². The number of amides is 2. The second-order valence-corrected chi connectivity index (χ2v) is 7.81. The second-order valence-electron chi connectivity index (χ2n) is 7.81. The highest BCUT2D eigenvalue weighted by Gasteiger charge is 2.11. The van der Waals surface area contributed by atoms with Crippen LogP contribution in [0.15, 0.2) is 72.3 Å². The molecule has 0 fully saturated rings. The van der Waals surface area contributed by atoms with Crippen molar-refractivity contribution in [1.82, 2.24) is 0 Å². The van der Waals surface area contributed by atoms with Crippen LogP contribution in [0.3, 0.4) is 0 Å². The van der Waals surface area contributed by atoms with Gasteiger partial charge in [-0.15, -0.1) is 0 Å². The van der Waals surface area contributed by atoms with Crippen LogP contribution in [0.5, 0.6) is 11.5 Å². The van der Waals surface area contributed by atoms with Crippen molar-refractivity contribution in [3.63, 3.8) is 0 Å². The van der Waals surface area contributed by atoms with E-state index in [9.17, 15) is 14.9 Å². The molecule has 7 heteroatoms. The Morgan fingerprint density at radius 1 is 0.943 bits per heavy atom.